The van der Waals surface area contributed by atoms with Crippen molar-refractivity contribution in [3.63, 3.8) is 0 Å². The van der Waals surface area contributed by atoms with E-state index in [0.717, 1.165) is 0 Å². The number of nitrogens with two attached hydrogens (primary N) is 3. The summed E-state index contributed by atoms with van der Waals surface area (Å²) < 4.78 is 0. The molecule has 8 amide bonds. The van der Waals surface area contributed by atoms with Gasteiger partial charge in [-0.25, -0.2) is 4.79 Å². The van der Waals surface area contributed by atoms with Gasteiger partial charge in [0.25, 0.3) is 0 Å². The average molecular weight is 939 g/mol. The number of nitrogens with zero attached hydrogens (tertiary/aromatic N) is 1. The Bertz CT molecular complexity index is 1960. The van der Waals surface area contributed by atoms with E-state index in [0.29, 0.717) is 36.9 Å². The number of aliphatic carboxylic acids is 1. The van der Waals surface area contributed by atoms with Crippen molar-refractivity contribution in [2.75, 3.05) is 25.4 Å². The number of carboxylic acid groups (broad SMARTS) is 1. The molecule has 7 atom stereocenters. The molecule has 3 rings (SSSR count). The van der Waals surface area contributed by atoms with E-state index in [1.54, 1.807) is 60.7 Å². The number of hydrogen-bond donors (Lipinski definition) is 11. The molecule has 13 N–H and O–H groups in total. The van der Waals surface area contributed by atoms with Gasteiger partial charge in [-0.2, -0.15) is 12.6 Å². The van der Waals surface area contributed by atoms with E-state index in [1.807, 2.05) is 13.8 Å². The van der Waals surface area contributed by atoms with Crippen LogP contribution < -0.4 is 49.1 Å². The number of amides is 8. The van der Waals surface area contributed by atoms with E-state index in [1.165, 1.54) is 4.90 Å². The predicted octanol–water partition coefficient (Wildman–Crippen LogP) is -1.21. The largest absolute Gasteiger partial charge is 0.480 e. The molecule has 0 aliphatic carbocycles. The molecule has 21 heteroatoms. The predicted molar refractivity (Wildman–Crippen MR) is 248 cm³/mol. The van der Waals surface area contributed by atoms with Crippen molar-refractivity contribution in [3.05, 3.63) is 71.8 Å². The van der Waals surface area contributed by atoms with Crippen LogP contribution in [0.3, 0.4) is 0 Å². The second kappa shape index (κ2) is 28.1. The zero-order valence-electron chi connectivity index (χ0n) is 37.5. The quantitative estimate of drug-likeness (QED) is 0.0354. The molecular formula is C45H66N10O10S. The van der Waals surface area contributed by atoms with Crippen LogP contribution in [-0.2, 0) is 56.0 Å². The Morgan fingerprint density at radius 2 is 1.20 bits per heavy atom. The molecule has 362 valence electrons. The monoisotopic (exact) mass is 938 g/mol. The average Bonchev–Trinajstić information content (AvgIpc) is 3.79. The second-order valence-electron chi connectivity index (χ2n) is 16.6. The number of carbonyl (C=O) groups is 9. The minimum absolute atomic E-state index is 0.00625. The van der Waals surface area contributed by atoms with Crippen molar-refractivity contribution < 1.29 is 48.3 Å². The molecule has 0 bridgehead atoms. The fraction of sp³-hybridized carbons (Fsp3) is 0.533. The minimum atomic E-state index is -1.32. The van der Waals surface area contributed by atoms with Gasteiger partial charge in [-0.15, -0.1) is 0 Å². The fourth-order valence-corrected chi connectivity index (χ4v) is 7.68. The topological polar surface area (TPSA) is 327 Å². The van der Waals surface area contributed by atoms with Gasteiger partial charge in [0.15, 0.2) is 0 Å². The molecule has 2 aromatic rings. The van der Waals surface area contributed by atoms with Gasteiger partial charge in [-0.05, 0) is 68.5 Å². The van der Waals surface area contributed by atoms with Crippen molar-refractivity contribution in [2.45, 2.75) is 120 Å². The van der Waals surface area contributed by atoms with Crippen LogP contribution >= 0.6 is 12.6 Å². The first kappa shape index (κ1) is 54.3. The van der Waals surface area contributed by atoms with Gasteiger partial charge in [0.2, 0.25) is 47.3 Å². The van der Waals surface area contributed by atoms with E-state index < -0.39 is 102 Å². The molecule has 1 saturated heterocycles. The normalized spacial score (nSPS) is 16.1. The molecule has 0 radical (unpaired) electrons. The van der Waals surface area contributed by atoms with Gasteiger partial charge in [0, 0.05) is 31.6 Å². The Morgan fingerprint density at radius 1 is 0.682 bits per heavy atom. The van der Waals surface area contributed by atoms with Crippen LogP contribution in [0.1, 0.15) is 76.3 Å². The first-order valence-corrected chi connectivity index (χ1v) is 22.8. The number of thiol groups is 1. The first-order chi connectivity index (χ1) is 31.5. The van der Waals surface area contributed by atoms with E-state index >= 15 is 0 Å². The van der Waals surface area contributed by atoms with E-state index in [4.69, 9.17) is 17.2 Å². The summed E-state index contributed by atoms with van der Waals surface area (Å²) in [4.78, 5) is 121. The van der Waals surface area contributed by atoms with Crippen molar-refractivity contribution in [1.82, 2.24) is 36.8 Å². The van der Waals surface area contributed by atoms with Gasteiger partial charge in [-0.3, -0.25) is 38.4 Å². The van der Waals surface area contributed by atoms with Crippen molar-refractivity contribution in [3.8, 4) is 0 Å². The SMILES string of the molecule is CC(C)C[C@H](NC(=O)[C@H](CCC(N)=O)NC(=O)CN)C(=O)N[C@@H](CCCCN)C(=O)N[C@@H](Cc1ccccc1)C(=O)N1CCC[C@H]1C(=O)N[C@@H](Cc1ccccc1)C(=O)N[C@@H](CS)C(=O)O. The number of nitrogens with one attached hydrogen (secondary N) is 6. The Morgan fingerprint density at radius 3 is 1.73 bits per heavy atom. The maximum absolute atomic E-state index is 14.6. The van der Waals surface area contributed by atoms with Gasteiger partial charge in [0.05, 0.1) is 6.54 Å². The number of unbranched alkanes of at least 4 members (excludes halogenated alkanes) is 1. The molecule has 1 heterocycles. The number of benzene rings is 2. The maximum atomic E-state index is 14.6. The molecule has 1 aliphatic heterocycles. The lowest BCUT2D eigenvalue weighted by Gasteiger charge is -2.31. The number of likely N-dealkylation sites (tertiary alicyclic amines) is 1. The highest BCUT2D eigenvalue weighted by Gasteiger charge is 2.40. The lowest BCUT2D eigenvalue weighted by Crippen LogP contribution is -2.60. The minimum Gasteiger partial charge on any atom is -0.480 e. The van der Waals surface area contributed by atoms with Crippen LogP contribution in [-0.4, -0.2) is 131 Å². The highest BCUT2D eigenvalue weighted by atomic mass is 32.1. The lowest BCUT2D eigenvalue weighted by molar-refractivity contribution is -0.143. The Kier molecular flexibility index (Phi) is 23.1. The standard InChI is InChI=1S/C45H66N10O10S/c1-27(2)22-32(51-40(59)31(18-19-37(48)56)49-38(57)25-47)41(60)50-30(16-9-10-20-46)39(58)53-34(24-29-14-7-4-8-15-29)44(63)55-21-11-17-36(55)43(62)52-33(23-28-12-5-3-6-13-28)42(61)54-35(26-66)45(64)65/h3-8,12-15,27,30-36,66H,9-11,16-26,46-47H2,1-2H3,(H2,48,56)(H,49,57)(H,50,60)(H,51,59)(H,52,62)(H,53,58)(H,54,61)(H,64,65)/t30-,31-,32-,33-,34-,35-,36-/m0/s1. The van der Waals surface area contributed by atoms with Gasteiger partial charge >= 0.3 is 5.97 Å². The Hall–Kier alpha value is -6.06. The first-order valence-electron chi connectivity index (χ1n) is 22.2. The summed E-state index contributed by atoms with van der Waals surface area (Å²) in [5.41, 5.74) is 17.9. The molecule has 2 aromatic carbocycles. The van der Waals surface area contributed by atoms with E-state index in [-0.39, 0.29) is 63.2 Å². The molecule has 0 aromatic heterocycles. The Labute approximate surface area is 390 Å². The number of primary amides is 1. The highest BCUT2D eigenvalue weighted by Crippen LogP contribution is 2.21. The number of carboxylic acids is 1. The van der Waals surface area contributed by atoms with Crippen molar-refractivity contribution >= 4 is 65.9 Å². The molecule has 1 fully saturated rings. The van der Waals surface area contributed by atoms with Crippen LogP contribution in [0, 0.1) is 5.92 Å². The highest BCUT2D eigenvalue weighted by molar-refractivity contribution is 7.80. The van der Waals surface area contributed by atoms with Crippen LogP contribution in [0.2, 0.25) is 0 Å². The lowest BCUT2D eigenvalue weighted by atomic mass is 10.00. The number of rotatable bonds is 28. The van der Waals surface area contributed by atoms with Crippen LogP contribution in [0.4, 0.5) is 0 Å². The van der Waals surface area contributed by atoms with Crippen molar-refractivity contribution in [1.29, 1.82) is 0 Å². The summed E-state index contributed by atoms with van der Waals surface area (Å²) in [5, 5.41) is 25.4. The van der Waals surface area contributed by atoms with Crippen LogP contribution in [0.25, 0.3) is 0 Å². The third-order valence-corrected chi connectivity index (χ3v) is 11.3. The summed E-state index contributed by atoms with van der Waals surface area (Å²) in [7, 11) is 0. The summed E-state index contributed by atoms with van der Waals surface area (Å²) >= 11 is 4.04. The van der Waals surface area contributed by atoms with Crippen molar-refractivity contribution in [2.24, 2.45) is 23.1 Å². The maximum Gasteiger partial charge on any atom is 0.327 e. The molecular weight excluding hydrogens is 873 g/mol. The fourth-order valence-electron chi connectivity index (χ4n) is 7.43. The summed E-state index contributed by atoms with van der Waals surface area (Å²) in [6.07, 6.45) is 1.42. The molecule has 0 saturated carbocycles. The Balaban J connectivity index is 1.91. The third-order valence-electron chi connectivity index (χ3n) is 10.9. The smallest absolute Gasteiger partial charge is 0.327 e. The number of hydrogen-bond acceptors (Lipinski definition) is 12. The molecule has 0 unspecified atom stereocenters. The summed E-state index contributed by atoms with van der Waals surface area (Å²) in [6, 6.07) is 9.20. The number of carbonyl (C=O) groups excluding carboxylic acids is 8. The molecule has 20 nitrogen and oxygen atoms in total. The third kappa shape index (κ3) is 18.1. The molecule has 0 spiro atoms. The molecule has 66 heavy (non-hydrogen) atoms. The van der Waals surface area contributed by atoms with E-state index in [2.05, 4.69) is 44.5 Å². The van der Waals surface area contributed by atoms with E-state index in [9.17, 15) is 48.3 Å². The zero-order chi connectivity index (χ0) is 48.8. The molecule has 1 aliphatic rings. The van der Waals surface area contributed by atoms with Gasteiger partial charge < -0.3 is 59.1 Å². The van der Waals surface area contributed by atoms with Gasteiger partial charge in [0.1, 0.15) is 42.3 Å². The van der Waals surface area contributed by atoms with Crippen LogP contribution in [0.15, 0.2) is 60.7 Å². The van der Waals surface area contributed by atoms with Gasteiger partial charge in [-0.1, -0.05) is 74.5 Å². The zero-order valence-corrected chi connectivity index (χ0v) is 38.4. The van der Waals surface area contributed by atoms with Crippen LogP contribution in [0.5, 0.6) is 0 Å². The summed E-state index contributed by atoms with van der Waals surface area (Å²) in [6.45, 7) is 3.65. The summed E-state index contributed by atoms with van der Waals surface area (Å²) in [5.74, 6) is -7.20. The second-order valence-corrected chi connectivity index (χ2v) is 17.0.